The van der Waals surface area contributed by atoms with E-state index in [-0.39, 0.29) is 24.2 Å². The molecule has 1 aliphatic heterocycles. The van der Waals surface area contributed by atoms with Crippen molar-refractivity contribution in [3.63, 3.8) is 0 Å². The number of ether oxygens (including phenoxy) is 1. The van der Waals surface area contributed by atoms with Crippen molar-refractivity contribution in [2.24, 2.45) is 0 Å². The van der Waals surface area contributed by atoms with Crippen LogP contribution in [0.1, 0.15) is 26.9 Å². The van der Waals surface area contributed by atoms with E-state index < -0.39 is 0 Å². The standard InChI is InChI=1S/C17H18N2O4S/c1-12-18-10-14(24-12)4-5-17(21)19-6-8-22-11-13(19)9-15(20)16-3-2-7-23-16/h2-5,7,10,13H,6,8-9,11H2,1H3. The molecule has 0 aromatic carbocycles. The second-order valence-corrected chi connectivity index (χ2v) is 6.75. The summed E-state index contributed by atoms with van der Waals surface area (Å²) in [5.41, 5.74) is 0. The average molecular weight is 346 g/mol. The van der Waals surface area contributed by atoms with Crippen LogP contribution in [0, 0.1) is 6.92 Å². The number of Topliss-reactive ketones (excluding diaryl/α,β-unsaturated/α-hetero) is 1. The van der Waals surface area contributed by atoms with Gasteiger partial charge in [-0.2, -0.15) is 0 Å². The predicted molar refractivity (Wildman–Crippen MR) is 89.9 cm³/mol. The Balaban J connectivity index is 1.66. The second kappa shape index (κ2) is 7.55. The first-order chi connectivity index (χ1) is 11.6. The van der Waals surface area contributed by atoms with Gasteiger partial charge < -0.3 is 14.1 Å². The van der Waals surface area contributed by atoms with Crippen LogP contribution in [0.15, 0.2) is 35.1 Å². The fraction of sp³-hybridized carbons (Fsp3) is 0.353. The van der Waals surface area contributed by atoms with Crippen LogP contribution in [0.25, 0.3) is 6.08 Å². The number of carbonyl (C=O) groups is 2. The zero-order valence-electron chi connectivity index (χ0n) is 13.3. The zero-order valence-corrected chi connectivity index (χ0v) is 14.1. The first-order valence-electron chi connectivity index (χ1n) is 7.69. The maximum absolute atomic E-state index is 12.5. The molecule has 0 bridgehead atoms. The van der Waals surface area contributed by atoms with E-state index in [4.69, 9.17) is 9.15 Å². The Kier molecular flexibility index (Phi) is 5.22. The summed E-state index contributed by atoms with van der Waals surface area (Å²) in [6, 6.07) is 3.02. The van der Waals surface area contributed by atoms with E-state index in [9.17, 15) is 9.59 Å². The van der Waals surface area contributed by atoms with Crippen molar-refractivity contribution in [1.82, 2.24) is 9.88 Å². The summed E-state index contributed by atoms with van der Waals surface area (Å²) in [7, 11) is 0. The summed E-state index contributed by atoms with van der Waals surface area (Å²) in [5, 5.41) is 0.954. The molecule has 0 saturated carbocycles. The quantitative estimate of drug-likeness (QED) is 0.614. The molecule has 1 fully saturated rings. The number of carbonyl (C=O) groups excluding carboxylic acids is 2. The lowest BCUT2D eigenvalue weighted by atomic mass is 10.1. The van der Waals surface area contributed by atoms with Crippen LogP contribution in [0.2, 0.25) is 0 Å². The van der Waals surface area contributed by atoms with Crippen LogP contribution in [0.5, 0.6) is 0 Å². The number of nitrogens with zero attached hydrogens (tertiary/aromatic N) is 2. The molecule has 0 aliphatic carbocycles. The molecule has 126 valence electrons. The van der Waals surface area contributed by atoms with Gasteiger partial charge in [-0.05, 0) is 25.1 Å². The van der Waals surface area contributed by atoms with E-state index >= 15 is 0 Å². The lowest BCUT2D eigenvalue weighted by Gasteiger charge is -2.34. The van der Waals surface area contributed by atoms with Gasteiger partial charge in [-0.25, -0.2) is 4.98 Å². The van der Waals surface area contributed by atoms with Gasteiger partial charge in [0.25, 0.3) is 0 Å². The monoisotopic (exact) mass is 346 g/mol. The summed E-state index contributed by atoms with van der Waals surface area (Å²) in [5.74, 6) is 0.0561. The summed E-state index contributed by atoms with van der Waals surface area (Å²) in [6.45, 7) is 3.22. The Morgan fingerprint density at radius 1 is 1.50 bits per heavy atom. The molecule has 1 saturated heterocycles. The number of aryl methyl sites for hydroxylation is 1. The number of furan rings is 1. The molecule has 6 nitrogen and oxygen atoms in total. The van der Waals surface area contributed by atoms with Crippen molar-refractivity contribution in [2.75, 3.05) is 19.8 Å². The minimum absolute atomic E-state index is 0.124. The van der Waals surface area contributed by atoms with Crippen LogP contribution in [-0.2, 0) is 9.53 Å². The van der Waals surface area contributed by atoms with Crippen LogP contribution >= 0.6 is 11.3 Å². The number of morpholine rings is 1. The minimum atomic E-state index is -0.281. The molecule has 3 heterocycles. The molecule has 24 heavy (non-hydrogen) atoms. The van der Waals surface area contributed by atoms with Crippen molar-refractivity contribution < 1.29 is 18.7 Å². The number of thiazole rings is 1. The van der Waals surface area contributed by atoms with Gasteiger partial charge >= 0.3 is 0 Å². The van der Waals surface area contributed by atoms with Crippen molar-refractivity contribution in [2.45, 2.75) is 19.4 Å². The van der Waals surface area contributed by atoms with Crippen LogP contribution in [0.3, 0.4) is 0 Å². The van der Waals surface area contributed by atoms with Gasteiger partial charge in [-0.3, -0.25) is 9.59 Å². The zero-order chi connectivity index (χ0) is 16.9. The topological polar surface area (TPSA) is 72.6 Å². The molecule has 1 atom stereocenters. The number of aromatic nitrogens is 1. The summed E-state index contributed by atoms with van der Waals surface area (Å²) < 4.78 is 10.6. The molecule has 2 aromatic heterocycles. The third-order valence-electron chi connectivity index (χ3n) is 3.76. The third kappa shape index (κ3) is 3.98. The van der Waals surface area contributed by atoms with Crippen molar-refractivity contribution in [3.05, 3.63) is 46.3 Å². The summed E-state index contributed by atoms with van der Waals surface area (Å²) >= 11 is 1.53. The van der Waals surface area contributed by atoms with Crippen LogP contribution in [0.4, 0.5) is 0 Å². The number of hydrogen-bond donors (Lipinski definition) is 0. The van der Waals surface area contributed by atoms with Crippen molar-refractivity contribution in [1.29, 1.82) is 0 Å². The molecule has 1 aliphatic rings. The molecule has 1 amide bonds. The molecule has 0 N–H and O–H groups in total. The predicted octanol–water partition coefficient (Wildman–Crippen LogP) is 2.56. The van der Waals surface area contributed by atoms with E-state index in [0.29, 0.717) is 25.5 Å². The van der Waals surface area contributed by atoms with E-state index in [1.807, 2.05) is 6.92 Å². The largest absolute Gasteiger partial charge is 0.461 e. The molecule has 2 aromatic rings. The van der Waals surface area contributed by atoms with E-state index in [2.05, 4.69) is 4.98 Å². The van der Waals surface area contributed by atoms with Crippen LogP contribution < -0.4 is 0 Å². The smallest absolute Gasteiger partial charge is 0.247 e. The van der Waals surface area contributed by atoms with Gasteiger partial charge in [0, 0.05) is 30.1 Å². The molecular formula is C17H18N2O4S. The van der Waals surface area contributed by atoms with Gasteiger partial charge in [0.2, 0.25) is 5.91 Å². The lowest BCUT2D eigenvalue weighted by Crippen LogP contribution is -2.49. The number of amides is 1. The first-order valence-corrected chi connectivity index (χ1v) is 8.50. The van der Waals surface area contributed by atoms with E-state index in [1.54, 1.807) is 29.3 Å². The van der Waals surface area contributed by atoms with E-state index in [0.717, 1.165) is 9.88 Å². The van der Waals surface area contributed by atoms with Gasteiger partial charge in [-0.1, -0.05) is 0 Å². The number of ketones is 1. The third-order valence-corrected chi connectivity index (χ3v) is 4.63. The Morgan fingerprint density at radius 2 is 2.38 bits per heavy atom. The maximum Gasteiger partial charge on any atom is 0.247 e. The second-order valence-electron chi connectivity index (χ2n) is 5.48. The van der Waals surface area contributed by atoms with Crippen molar-refractivity contribution >= 4 is 29.1 Å². The summed E-state index contributed by atoms with van der Waals surface area (Å²) in [6.07, 6.45) is 6.68. The van der Waals surface area contributed by atoms with Gasteiger partial charge in [0.15, 0.2) is 11.5 Å². The van der Waals surface area contributed by atoms with E-state index in [1.165, 1.54) is 23.7 Å². The Morgan fingerprint density at radius 3 is 3.08 bits per heavy atom. The molecular weight excluding hydrogens is 328 g/mol. The number of rotatable bonds is 5. The van der Waals surface area contributed by atoms with Crippen molar-refractivity contribution in [3.8, 4) is 0 Å². The highest BCUT2D eigenvalue weighted by atomic mass is 32.1. The molecule has 1 unspecified atom stereocenters. The Bertz CT molecular complexity index is 736. The minimum Gasteiger partial charge on any atom is -0.461 e. The normalized spacial score (nSPS) is 18.2. The SMILES string of the molecule is Cc1ncc(C=CC(=O)N2CCOCC2CC(=O)c2ccco2)s1. The van der Waals surface area contributed by atoms with Gasteiger partial charge in [0.05, 0.1) is 30.5 Å². The highest BCUT2D eigenvalue weighted by molar-refractivity contribution is 7.12. The van der Waals surface area contributed by atoms with Gasteiger partial charge in [-0.15, -0.1) is 11.3 Å². The van der Waals surface area contributed by atoms with Crippen LogP contribution in [-0.4, -0.2) is 47.4 Å². The fourth-order valence-corrected chi connectivity index (χ4v) is 3.26. The fourth-order valence-electron chi connectivity index (χ4n) is 2.57. The maximum atomic E-state index is 12.5. The molecule has 3 rings (SSSR count). The average Bonchev–Trinajstić information content (AvgIpc) is 3.25. The highest BCUT2D eigenvalue weighted by Gasteiger charge is 2.29. The molecule has 0 spiro atoms. The lowest BCUT2D eigenvalue weighted by molar-refractivity contribution is -0.134. The number of hydrogen-bond acceptors (Lipinski definition) is 6. The Hall–Kier alpha value is -2.25. The highest BCUT2D eigenvalue weighted by Crippen LogP contribution is 2.17. The molecule has 0 radical (unpaired) electrons. The summed E-state index contributed by atoms with van der Waals surface area (Å²) in [4.78, 5) is 31.5. The Labute approximate surface area is 143 Å². The molecule has 7 heteroatoms. The first kappa shape index (κ1) is 16.6. The van der Waals surface area contributed by atoms with Gasteiger partial charge in [0.1, 0.15) is 0 Å².